The van der Waals surface area contributed by atoms with E-state index in [4.69, 9.17) is 23.2 Å². The van der Waals surface area contributed by atoms with Crippen LogP contribution < -0.4 is 0 Å². The van der Waals surface area contributed by atoms with Crippen molar-refractivity contribution in [3.8, 4) is 0 Å². The van der Waals surface area contributed by atoms with Crippen LogP contribution in [0.1, 0.15) is 22.6 Å². The molecule has 0 aliphatic heterocycles. The van der Waals surface area contributed by atoms with Crippen molar-refractivity contribution in [2.75, 3.05) is 5.88 Å². The van der Waals surface area contributed by atoms with Crippen molar-refractivity contribution in [3.63, 3.8) is 0 Å². The summed E-state index contributed by atoms with van der Waals surface area (Å²) in [6.45, 7) is 2.07. The summed E-state index contributed by atoms with van der Waals surface area (Å²) in [7, 11) is 0. The maximum atomic E-state index is 6.09. The molecule has 0 aliphatic rings. The molecule has 0 amide bonds. The van der Waals surface area contributed by atoms with Crippen LogP contribution in [0.15, 0.2) is 29.8 Å². The molecule has 4 heteroatoms. The standard InChI is InChI=1S/C15H17Cl2NS/c1-11-15(19-10-18-11)7-4-13(9-16)8-12-2-5-14(17)6-3-12/h2-3,5-6,10,13H,4,7-9H2,1H3. The van der Waals surface area contributed by atoms with E-state index in [-0.39, 0.29) is 0 Å². The molecule has 1 atom stereocenters. The summed E-state index contributed by atoms with van der Waals surface area (Å²) >= 11 is 13.7. The molecular formula is C15H17Cl2NS. The Kier molecular flexibility index (Phi) is 5.68. The highest BCUT2D eigenvalue weighted by Gasteiger charge is 2.11. The SMILES string of the molecule is Cc1ncsc1CCC(CCl)Cc1ccc(Cl)cc1. The number of alkyl halides is 1. The Labute approximate surface area is 128 Å². The average molecular weight is 314 g/mol. The molecule has 1 nitrogen and oxygen atoms in total. The van der Waals surface area contributed by atoms with Crippen LogP contribution in [-0.4, -0.2) is 10.9 Å². The number of thiazole rings is 1. The lowest BCUT2D eigenvalue weighted by Gasteiger charge is -2.13. The fraction of sp³-hybridized carbons (Fsp3) is 0.400. The van der Waals surface area contributed by atoms with Crippen molar-refractivity contribution in [2.45, 2.75) is 26.2 Å². The van der Waals surface area contributed by atoms with Gasteiger partial charge in [-0.2, -0.15) is 0 Å². The molecule has 1 unspecified atom stereocenters. The number of benzene rings is 1. The Balaban J connectivity index is 1.90. The molecule has 102 valence electrons. The Hall–Kier alpha value is -0.570. The van der Waals surface area contributed by atoms with E-state index in [0.717, 1.165) is 30.0 Å². The molecule has 0 bridgehead atoms. The molecule has 1 heterocycles. The van der Waals surface area contributed by atoms with Crippen LogP contribution in [0.5, 0.6) is 0 Å². The second-order valence-electron chi connectivity index (χ2n) is 4.75. The molecule has 1 aromatic heterocycles. The number of aromatic nitrogens is 1. The molecule has 2 rings (SSSR count). The Morgan fingerprint density at radius 2 is 2.00 bits per heavy atom. The highest BCUT2D eigenvalue weighted by molar-refractivity contribution is 7.09. The van der Waals surface area contributed by atoms with Gasteiger partial charge in [0, 0.05) is 15.8 Å². The van der Waals surface area contributed by atoms with Crippen molar-refractivity contribution in [2.24, 2.45) is 5.92 Å². The van der Waals surface area contributed by atoms with Gasteiger partial charge in [0.2, 0.25) is 0 Å². The average Bonchev–Trinajstić information content (AvgIpc) is 2.82. The second-order valence-corrected chi connectivity index (χ2v) is 6.43. The first-order valence-electron chi connectivity index (χ1n) is 6.38. The van der Waals surface area contributed by atoms with Gasteiger partial charge in [0.15, 0.2) is 0 Å². The van der Waals surface area contributed by atoms with E-state index >= 15 is 0 Å². The van der Waals surface area contributed by atoms with Crippen molar-refractivity contribution < 1.29 is 0 Å². The zero-order valence-corrected chi connectivity index (χ0v) is 13.2. The number of rotatable bonds is 6. The number of aryl methyl sites for hydroxylation is 2. The number of hydrogen-bond acceptors (Lipinski definition) is 2. The predicted octanol–water partition coefficient (Wildman–Crippen LogP) is 5.14. The van der Waals surface area contributed by atoms with Crippen LogP contribution in [0.25, 0.3) is 0 Å². The molecule has 0 aliphatic carbocycles. The fourth-order valence-corrected chi connectivity index (χ4v) is 3.28. The van der Waals surface area contributed by atoms with Crippen LogP contribution in [0, 0.1) is 12.8 Å². The van der Waals surface area contributed by atoms with Crippen molar-refractivity contribution >= 4 is 34.5 Å². The van der Waals surface area contributed by atoms with Crippen LogP contribution in [0.2, 0.25) is 5.02 Å². The minimum atomic E-state index is 0.504. The summed E-state index contributed by atoms with van der Waals surface area (Å²) in [4.78, 5) is 5.67. The van der Waals surface area contributed by atoms with Crippen LogP contribution in [0.4, 0.5) is 0 Å². The molecule has 0 N–H and O–H groups in total. The maximum absolute atomic E-state index is 6.09. The summed E-state index contributed by atoms with van der Waals surface area (Å²) in [6, 6.07) is 8.05. The van der Waals surface area contributed by atoms with Gasteiger partial charge in [0.05, 0.1) is 11.2 Å². The lowest BCUT2D eigenvalue weighted by atomic mass is 9.96. The lowest BCUT2D eigenvalue weighted by molar-refractivity contribution is 0.538. The van der Waals surface area contributed by atoms with Crippen molar-refractivity contribution in [1.82, 2.24) is 4.98 Å². The summed E-state index contributed by atoms with van der Waals surface area (Å²) in [5, 5.41) is 0.784. The smallest absolute Gasteiger partial charge is 0.0797 e. The Morgan fingerprint density at radius 1 is 1.26 bits per heavy atom. The van der Waals surface area contributed by atoms with Gasteiger partial charge in [-0.3, -0.25) is 0 Å². The van der Waals surface area contributed by atoms with Crippen LogP contribution in [0.3, 0.4) is 0 Å². The molecule has 0 radical (unpaired) electrons. The minimum absolute atomic E-state index is 0.504. The summed E-state index contributed by atoms with van der Waals surface area (Å²) in [5.41, 5.74) is 4.38. The first-order chi connectivity index (χ1) is 9.19. The van der Waals surface area contributed by atoms with Gasteiger partial charge in [-0.15, -0.1) is 22.9 Å². The fourth-order valence-electron chi connectivity index (χ4n) is 2.09. The number of halogens is 2. The van der Waals surface area contributed by atoms with Gasteiger partial charge in [0.25, 0.3) is 0 Å². The summed E-state index contributed by atoms with van der Waals surface area (Å²) in [6.07, 6.45) is 3.19. The zero-order chi connectivity index (χ0) is 13.7. The van der Waals surface area contributed by atoms with E-state index in [2.05, 4.69) is 24.0 Å². The van der Waals surface area contributed by atoms with E-state index < -0.39 is 0 Å². The van der Waals surface area contributed by atoms with E-state index in [9.17, 15) is 0 Å². The van der Waals surface area contributed by atoms with Gasteiger partial charge >= 0.3 is 0 Å². The molecule has 19 heavy (non-hydrogen) atoms. The Morgan fingerprint density at radius 3 is 2.58 bits per heavy atom. The van der Waals surface area contributed by atoms with Gasteiger partial charge < -0.3 is 0 Å². The van der Waals surface area contributed by atoms with E-state index in [0.29, 0.717) is 11.8 Å². The third-order valence-corrected chi connectivity index (χ3v) is 4.96. The third-order valence-electron chi connectivity index (χ3n) is 3.28. The number of hydrogen-bond donors (Lipinski definition) is 0. The highest BCUT2D eigenvalue weighted by Crippen LogP contribution is 2.21. The predicted molar refractivity (Wildman–Crippen MR) is 84.5 cm³/mol. The molecule has 0 saturated heterocycles. The van der Waals surface area contributed by atoms with Crippen molar-refractivity contribution in [1.29, 1.82) is 0 Å². The quantitative estimate of drug-likeness (QED) is 0.673. The molecule has 0 saturated carbocycles. The van der Waals surface area contributed by atoms with Gasteiger partial charge in [0.1, 0.15) is 0 Å². The van der Waals surface area contributed by atoms with Crippen LogP contribution in [-0.2, 0) is 12.8 Å². The normalized spacial score (nSPS) is 12.6. The second kappa shape index (κ2) is 7.28. The first kappa shape index (κ1) is 14.8. The monoisotopic (exact) mass is 313 g/mol. The molecule has 0 fully saturated rings. The lowest BCUT2D eigenvalue weighted by Crippen LogP contribution is -2.08. The van der Waals surface area contributed by atoms with E-state index in [1.54, 1.807) is 11.3 Å². The largest absolute Gasteiger partial charge is 0.250 e. The zero-order valence-electron chi connectivity index (χ0n) is 10.9. The minimum Gasteiger partial charge on any atom is -0.250 e. The molecule has 2 aromatic rings. The highest BCUT2D eigenvalue weighted by atomic mass is 35.5. The maximum Gasteiger partial charge on any atom is 0.0797 e. The van der Waals surface area contributed by atoms with E-state index in [1.807, 2.05) is 17.6 Å². The molecular weight excluding hydrogens is 297 g/mol. The van der Waals surface area contributed by atoms with Gasteiger partial charge in [-0.05, 0) is 49.8 Å². The van der Waals surface area contributed by atoms with E-state index in [1.165, 1.54) is 10.4 Å². The summed E-state index contributed by atoms with van der Waals surface area (Å²) < 4.78 is 0. The van der Waals surface area contributed by atoms with Crippen molar-refractivity contribution in [3.05, 3.63) is 50.9 Å². The molecule has 0 spiro atoms. The van der Waals surface area contributed by atoms with Gasteiger partial charge in [-0.25, -0.2) is 4.98 Å². The van der Waals surface area contributed by atoms with Gasteiger partial charge in [-0.1, -0.05) is 23.7 Å². The topological polar surface area (TPSA) is 12.9 Å². The number of nitrogens with zero attached hydrogens (tertiary/aromatic N) is 1. The Bertz CT molecular complexity index is 507. The first-order valence-corrected chi connectivity index (χ1v) is 8.17. The summed E-state index contributed by atoms with van der Waals surface area (Å²) in [5.74, 6) is 1.20. The molecule has 1 aromatic carbocycles. The van der Waals surface area contributed by atoms with Crippen LogP contribution >= 0.6 is 34.5 Å². The third kappa shape index (κ3) is 4.48.